The third-order valence-electron chi connectivity index (χ3n) is 3.42. The first-order chi connectivity index (χ1) is 6.75. The summed E-state index contributed by atoms with van der Waals surface area (Å²) in [7, 11) is 0. The molecule has 3 aliphatic rings. The van der Waals surface area contributed by atoms with Crippen LogP contribution in [-0.2, 0) is 0 Å². The van der Waals surface area contributed by atoms with E-state index in [9.17, 15) is 4.79 Å². The Labute approximate surface area is 83.2 Å². The van der Waals surface area contributed by atoms with Crippen LogP contribution < -0.4 is 0 Å². The molecular weight excluding hydrogens is 174 g/mol. The zero-order chi connectivity index (χ0) is 9.71. The summed E-state index contributed by atoms with van der Waals surface area (Å²) in [5.74, 6) is 1.24. The van der Waals surface area contributed by atoms with Crippen LogP contribution in [0.3, 0.4) is 0 Å². The zero-order valence-electron chi connectivity index (χ0n) is 8.23. The molecule has 2 nitrogen and oxygen atoms in total. The van der Waals surface area contributed by atoms with Crippen molar-refractivity contribution in [2.24, 2.45) is 0 Å². The molecule has 2 bridgehead atoms. The van der Waals surface area contributed by atoms with Gasteiger partial charge in [-0.3, -0.25) is 9.36 Å². The lowest BCUT2D eigenvalue weighted by Crippen LogP contribution is -2.14. The number of rotatable bonds is 0. The Morgan fingerprint density at radius 2 is 1.71 bits per heavy atom. The van der Waals surface area contributed by atoms with Gasteiger partial charge >= 0.3 is 0 Å². The number of carbonyl (C=O) groups excluding carboxylic acids is 1. The SMILES string of the molecule is CC(=O)n1cc2c(c1)C1C=CC2CC1. The molecule has 1 aromatic heterocycles. The number of carbonyl (C=O) groups is 1. The van der Waals surface area contributed by atoms with Crippen LogP contribution in [0.1, 0.15) is 47.5 Å². The van der Waals surface area contributed by atoms with Crippen molar-refractivity contribution in [2.75, 3.05) is 0 Å². The molecule has 2 unspecified atom stereocenters. The highest BCUT2D eigenvalue weighted by Crippen LogP contribution is 2.45. The minimum atomic E-state index is 0.110. The molecule has 14 heavy (non-hydrogen) atoms. The summed E-state index contributed by atoms with van der Waals surface area (Å²) >= 11 is 0. The van der Waals surface area contributed by atoms with E-state index in [1.807, 2.05) is 12.4 Å². The van der Waals surface area contributed by atoms with Crippen molar-refractivity contribution in [3.05, 3.63) is 35.7 Å². The molecule has 2 atom stereocenters. The first kappa shape index (κ1) is 8.04. The predicted molar refractivity (Wildman–Crippen MR) is 54.6 cm³/mol. The average molecular weight is 187 g/mol. The highest BCUT2D eigenvalue weighted by molar-refractivity contribution is 5.77. The molecule has 0 spiro atoms. The first-order valence-electron chi connectivity index (χ1n) is 5.17. The Bertz CT molecular complexity index is 396. The number of aromatic nitrogens is 1. The third-order valence-corrected chi connectivity index (χ3v) is 3.42. The van der Waals surface area contributed by atoms with E-state index in [1.54, 1.807) is 11.5 Å². The van der Waals surface area contributed by atoms with Gasteiger partial charge in [-0.1, -0.05) is 12.2 Å². The minimum Gasteiger partial charge on any atom is -0.294 e. The monoisotopic (exact) mass is 187 g/mol. The maximum Gasteiger partial charge on any atom is 0.227 e. The number of nitrogens with zero attached hydrogens (tertiary/aromatic N) is 1. The lowest BCUT2D eigenvalue weighted by atomic mass is 9.74. The first-order valence-corrected chi connectivity index (χ1v) is 5.17. The van der Waals surface area contributed by atoms with Crippen LogP contribution in [-0.4, -0.2) is 10.5 Å². The van der Waals surface area contributed by atoms with E-state index in [2.05, 4.69) is 12.2 Å². The molecule has 1 heterocycles. The van der Waals surface area contributed by atoms with Gasteiger partial charge in [0.05, 0.1) is 0 Å². The van der Waals surface area contributed by atoms with Crippen LogP contribution in [0.2, 0.25) is 0 Å². The summed E-state index contributed by atoms with van der Waals surface area (Å²) in [4.78, 5) is 11.2. The van der Waals surface area contributed by atoms with Crippen LogP contribution in [0.15, 0.2) is 24.5 Å². The van der Waals surface area contributed by atoms with Crippen molar-refractivity contribution < 1.29 is 4.79 Å². The summed E-state index contributed by atoms with van der Waals surface area (Å²) in [5, 5.41) is 0. The standard InChI is InChI=1S/C12H13NO/c1-8(14)13-6-11-9-2-3-10(5-4-9)12(11)7-13/h2-3,6-7,9-10H,4-5H2,1H3. The Morgan fingerprint density at radius 3 is 2.07 bits per heavy atom. The largest absolute Gasteiger partial charge is 0.294 e. The van der Waals surface area contributed by atoms with E-state index in [0.717, 1.165) is 0 Å². The summed E-state index contributed by atoms with van der Waals surface area (Å²) in [6.45, 7) is 1.61. The van der Waals surface area contributed by atoms with Crippen molar-refractivity contribution in [3.63, 3.8) is 0 Å². The van der Waals surface area contributed by atoms with Gasteiger partial charge in [0.25, 0.3) is 0 Å². The van der Waals surface area contributed by atoms with Gasteiger partial charge in [-0.05, 0) is 24.0 Å². The summed E-state index contributed by atoms with van der Waals surface area (Å²) in [6.07, 6.45) is 11.1. The fourth-order valence-electron chi connectivity index (χ4n) is 2.63. The normalized spacial score (nSPS) is 27.8. The molecular formula is C12H13NO. The van der Waals surface area contributed by atoms with E-state index >= 15 is 0 Å². The third kappa shape index (κ3) is 0.939. The summed E-state index contributed by atoms with van der Waals surface area (Å²) in [6, 6.07) is 0. The van der Waals surface area contributed by atoms with E-state index in [1.165, 1.54) is 24.0 Å². The van der Waals surface area contributed by atoms with Gasteiger partial charge in [0.15, 0.2) is 0 Å². The highest BCUT2D eigenvalue weighted by atomic mass is 16.1. The van der Waals surface area contributed by atoms with Crippen molar-refractivity contribution in [3.8, 4) is 0 Å². The topological polar surface area (TPSA) is 22.0 Å². The predicted octanol–water partition coefficient (Wildman–Crippen LogP) is 2.68. The molecule has 2 heteroatoms. The summed E-state index contributed by atoms with van der Waals surface area (Å²) in [5.41, 5.74) is 2.75. The quantitative estimate of drug-likeness (QED) is 0.572. The van der Waals surface area contributed by atoms with E-state index in [0.29, 0.717) is 11.8 Å². The lowest BCUT2D eigenvalue weighted by Gasteiger charge is -2.30. The van der Waals surface area contributed by atoms with E-state index in [4.69, 9.17) is 0 Å². The molecule has 72 valence electrons. The Morgan fingerprint density at radius 1 is 1.21 bits per heavy atom. The second-order valence-electron chi connectivity index (χ2n) is 4.27. The molecule has 0 amide bonds. The second-order valence-corrected chi connectivity index (χ2v) is 4.27. The zero-order valence-corrected chi connectivity index (χ0v) is 8.23. The van der Waals surface area contributed by atoms with Gasteiger partial charge in [0.1, 0.15) is 0 Å². The van der Waals surface area contributed by atoms with Gasteiger partial charge in [-0.25, -0.2) is 0 Å². The molecule has 4 rings (SSSR count). The van der Waals surface area contributed by atoms with Crippen molar-refractivity contribution in [2.45, 2.75) is 31.6 Å². The average Bonchev–Trinajstić information content (AvgIpc) is 2.65. The smallest absolute Gasteiger partial charge is 0.227 e. The van der Waals surface area contributed by atoms with Gasteiger partial charge in [-0.2, -0.15) is 0 Å². The number of hydrogen-bond donors (Lipinski definition) is 0. The fourth-order valence-corrected chi connectivity index (χ4v) is 2.63. The van der Waals surface area contributed by atoms with Crippen LogP contribution in [0, 0.1) is 0 Å². The lowest BCUT2D eigenvalue weighted by molar-refractivity contribution is 0.0936. The fraction of sp³-hybridized carbons (Fsp3) is 0.417. The van der Waals surface area contributed by atoms with Crippen LogP contribution >= 0.6 is 0 Å². The molecule has 0 aliphatic heterocycles. The van der Waals surface area contributed by atoms with Crippen LogP contribution in [0.25, 0.3) is 0 Å². The summed E-state index contributed by atoms with van der Waals surface area (Å²) < 4.78 is 1.73. The maximum absolute atomic E-state index is 11.2. The van der Waals surface area contributed by atoms with E-state index < -0.39 is 0 Å². The van der Waals surface area contributed by atoms with Gasteiger partial charge in [0, 0.05) is 31.2 Å². The Balaban J connectivity index is 2.14. The molecule has 0 fully saturated rings. The molecule has 0 N–H and O–H groups in total. The number of hydrogen-bond acceptors (Lipinski definition) is 1. The van der Waals surface area contributed by atoms with Crippen molar-refractivity contribution >= 4 is 5.91 Å². The Hall–Kier alpha value is -1.31. The Kier molecular flexibility index (Phi) is 1.49. The molecule has 0 saturated carbocycles. The maximum atomic E-state index is 11.2. The van der Waals surface area contributed by atoms with Gasteiger partial charge in [0.2, 0.25) is 5.91 Å². The number of fused-ring (bicyclic) bond motifs is 1. The minimum absolute atomic E-state index is 0.110. The second kappa shape index (κ2) is 2.59. The van der Waals surface area contributed by atoms with Crippen molar-refractivity contribution in [1.82, 2.24) is 4.57 Å². The number of allylic oxidation sites excluding steroid dienone is 2. The molecule has 0 radical (unpaired) electrons. The highest BCUT2D eigenvalue weighted by Gasteiger charge is 2.30. The molecule has 1 aromatic rings. The molecule has 3 aliphatic carbocycles. The molecule has 0 saturated heterocycles. The van der Waals surface area contributed by atoms with Gasteiger partial charge < -0.3 is 0 Å². The van der Waals surface area contributed by atoms with Crippen LogP contribution in [0.5, 0.6) is 0 Å². The van der Waals surface area contributed by atoms with Gasteiger partial charge in [-0.15, -0.1) is 0 Å². The molecule has 0 aromatic carbocycles. The van der Waals surface area contributed by atoms with Crippen molar-refractivity contribution in [1.29, 1.82) is 0 Å². The van der Waals surface area contributed by atoms with E-state index in [-0.39, 0.29) is 5.91 Å². The van der Waals surface area contributed by atoms with Crippen LogP contribution in [0.4, 0.5) is 0 Å².